The van der Waals surface area contributed by atoms with Crippen LogP contribution in [0.25, 0.3) is 0 Å². The van der Waals surface area contributed by atoms with E-state index in [9.17, 15) is 29.4 Å². The Morgan fingerprint density at radius 2 is 1.70 bits per heavy atom. The SMILES string of the molecule is CC#CCOc1ccc(CC(NC(=O)C(C=CCCCCCCC(=O)CCCCCCC)C2(O)CCOC2=O)C(=O)O)cc1. The Hall–Kier alpha value is -3.64. The summed E-state index contributed by atoms with van der Waals surface area (Å²) in [6.07, 6.45) is 14.3. The Morgan fingerprint density at radius 3 is 2.30 bits per heavy atom. The number of carbonyl (C=O) groups excluding carboxylic acids is 3. The normalized spacial score (nSPS) is 17.4. The number of ether oxygens (including phenoxy) is 2. The van der Waals surface area contributed by atoms with Crippen LogP contribution in [-0.4, -0.2) is 58.7 Å². The van der Waals surface area contributed by atoms with Crippen molar-refractivity contribution in [1.29, 1.82) is 0 Å². The van der Waals surface area contributed by atoms with Crippen LogP contribution in [0.1, 0.15) is 103 Å². The first kappa shape index (κ1) is 36.6. The molecule has 0 spiro atoms. The fourth-order valence-corrected chi connectivity index (χ4v) is 5.10. The van der Waals surface area contributed by atoms with E-state index in [2.05, 4.69) is 24.1 Å². The van der Waals surface area contributed by atoms with Crippen LogP contribution in [0.15, 0.2) is 36.4 Å². The maximum atomic E-state index is 13.3. The Balaban J connectivity index is 1.89. The van der Waals surface area contributed by atoms with Crippen molar-refractivity contribution in [1.82, 2.24) is 5.32 Å². The number of nitrogens with one attached hydrogen (secondary N) is 1. The molecule has 0 aliphatic carbocycles. The summed E-state index contributed by atoms with van der Waals surface area (Å²) in [4.78, 5) is 49.8. The number of allylic oxidation sites excluding steroid dienone is 1. The maximum absolute atomic E-state index is 13.3. The standard InChI is InChI=1S/C35H49NO8/c1-3-5-7-10-13-16-28(37)17-14-11-8-9-12-15-18-30(35(42)23-25-44-34(35)41)32(38)36-31(33(39)40)26-27-19-21-29(22-20-27)43-24-6-4-2/h15,18-22,30-31,42H,3,5,7-14,16-17,23-26H2,1-2H3,(H,36,38)(H,39,40). The van der Waals surface area contributed by atoms with Crippen LogP contribution in [0, 0.1) is 17.8 Å². The van der Waals surface area contributed by atoms with Gasteiger partial charge in [-0.2, -0.15) is 0 Å². The smallest absolute Gasteiger partial charge is 0.339 e. The molecule has 1 amide bonds. The van der Waals surface area contributed by atoms with Gasteiger partial charge in [0.25, 0.3) is 0 Å². The van der Waals surface area contributed by atoms with Crippen LogP contribution < -0.4 is 10.1 Å². The van der Waals surface area contributed by atoms with Gasteiger partial charge in [0, 0.05) is 25.7 Å². The van der Waals surface area contributed by atoms with E-state index < -0.39 is 35.4 Å². The third kappa shape index (κ3) is 12.9. The summed E-state index contributed by atoms with van der Waals surface area (Å²) in [5.41, 5.74) is -1.41. The van der Waals surface area contributed by atoms with E-state index in [0.29, 0.717) is 36.4 Å². The van der Waals surface area contributed by atoms with Crippen molar-refractivity contribution < 1.29 is 38.9 Å². The van der Waals surface area contributed by atoms with Gasteiger partial charge in [0.05, 0.1) is 12.5 Å². The molecule has 0 radical (unpaired) electrons. The highest BCUT2D eigenvalue weighted by atomic mass is 16.6. The Kier molecular flexibility index (Phi) is 16.9. The molecule has 1 aromatic rings. The molecule has 0 bridgehead atoms. The van der Waals surface area contributed by atoms with Gasteiger partial charge in [-0.3, -0.25) is 9.59 Å². The summed E-state index contributed by atoms with van der Waals surface area (Å²) in [6, 6.07) is 5.53. The van der Waals surface area contributed by atoms with Crippen molar-refractivity contribution in [2.75, 3.05) is 13.2 Å². The molecule has 1 aromatic carbocycles. The van der Waals surface area contributed by atoms with Gasteiger partial charge < -0.3 is 25.0 Å². The highest BCUT2D eigenvalue weighted by Gasteiger charge is 2.51. The first-order valence-corrected chi connectivity index (χ1v) is 15.9. The van der Waals surface area contributed by atoms with E-state index in [0.717, 1.165) is 38.5 Å². The average molecular weight is 612 g/mol. The van der Waals surface area contributed by atoms with Gasteiger partial charge in [-0.15, -0.1) is 5.92 Å². The highest BCUT2D eigenvalue weighted by molar-refractivity contribution is 5.93. The molecule has 1 saturated heterocycles. The molecule has 242 valence electrons. The number of hydrogen-bond donors (Lipinski definition) is 3. The number of hydrogen-bond acceptors (Lipinski definition) is 7. The number of benzene rings is 1. The monoisotopic (exact) mass is 611 g/mol. The van der Waals surface area contributed by atoms with Gasteiger partial charge in [-0.25, -0.2) is 9.59 Å². The molecule has 44 heavy (non-hydrogen) atoms. The minimum Gasteiger partial charge on any atom is -0.481 e. The van der Waals surface area contributed by atoms with Gasteiger partial charge in [0.2, 0.25) is 5.91 Å². The summed E-state index contributed by atoms with van der Waals surface area (Å²) < 4.78 is 10.4. The molecule has 9 nitrogen and oxygen atoms in total. The predicted octanol–water partition coefficient (Wildman–Crippen LogP) is 5.32. The molecule has 1 fully saturated rings. The Morgan fingerprint density at radius 1 is 1.05 bits per heavy atom. The molecule has 0 aromatic heterocycles. The number of amides is 1. The molecule has 3 unspecified atom stereocenters. The summed E-state index contributed by atoms with van der Waals surface area (Å²) in [7, 11) is 0. The van der Waals surface area contributed by atoms with E-state index >= 15 is 0 Å². The number of aliphatic carboxylic acids is 1. The number of aliphatic hydroxyl groups is 1. The lowest BCUT2D eigenvalue weighted by atomic mass is 9.84. The van der Waals surface area contributed by atoms with Crippen LogP contribution in [0.2, 0.25) is 0 Å². The van der Waals surface area contributed by atoms with Gasteiger partial charge in [0.15, 0.2) is 5.60 Å². The number of esters is 1. The quantitative estimate of drug-likeness (QED) is 0.0693. The predicted molar refractivity (Wildman–Crippen MR) is 168 cm³/mol. The van der Waals surface area contributed by atoms with Crippen LogP contribution >= 0.6 is 0 Å². The zero-order valence-corrected chi connectivity index (χ0v) is 26.3. The second-order valence-corrected chi connectivity index (χ2v) is 11.3. The lowest BCUT2D eigenvalue weighted by molar-refractivity contribution is -0.160. The van der Waals surface area contributed by atoms with Gasteiger partial charge in [0.1, 0.15) is 24.2 Å². The van der Waals surface area contributed by atoms with Crippen molar-refractivity contribution in [2.24, 2.45) is 5.92 Å². The molecule has 3 N–H and O–H groups in total. The van der Waals surface area contributed by atoms with E-state index in [1.807, 2.05) is 0 Å². The second-order valence-electron chi connectivity index (χ2n) is 11.3. The number of rotatable bonds is 22. The average Bonchev–Trinajstić information content (AvgIpc) is 3.34. The molecule has 3 atom stereocenters. The van der Waals surface area contributed by atoms with Crippen molar-refractivity contribution in [2.45, 2.75) is 115 Å². The number of ketones is 1. The summed E-state index contributed by atoms with van der Waals surface area (Å²) >= 11 is 0. The summed E-state index contributed by atoms with van der Waals surface area (Å²) in [5.74, 6) is 2.25. The number of cyclic esters (lactones) is 1. The number of carboxylic acids is 1. The molecule has 1 heterocycles. The van der Waals surface area contributed by atoms with Gasteiger partial charge >= 0.3 is 11.9 Å². The molecule has 2 rings (SSSR count). The Labute approximate surface area is 261 Å². The van der Waals surface area contributed by atoms with Crippen molar-refractivity contribution >= 4 is 23.6 Å². The van der Waals surface area contributed by atoms with E-state index in [1.165, 1.54) is 25.3 Å². The summed E-state index contributed by atoms with van der Waals surface area (Å²) in [5, 5.41) is 23.4. The van der Waals surface area contributed by atoms with Crippen molar-refractivity contribution in [3.05, 3.63) is 42.0 Å². The summed E-state index contributed by atoms with van der Waals surface area (Å²) in [6.45, 7) is 4.11. The van der Waals surface area contributed by atoms with E-state index in [-0.39, 0.29) is 26.1 Å². The first-order chi connectivity index (χ1) is 21.2. The zero-order valence-electron chi connectivity index (χ0n) is 26.3. The molecular formula is C35H49NO8. The third-order valence-electron chi connectivity index (χ3n) is 7.80. The highest BCUT2D eigenvalue weighted by Crippen LogP contribution is 2.30. The number of carboxylic acid groups (broad SMARTS) is 1. The minimum atomic E-state index is -2.07. The third-order valence-corrected chi connectivity index (χ3v) is 7.80. The number of carbonyl (C=O) groups is 4. The van der Waals surface area contributed by atoms with E-state index in [4.69, 9.17) is 9.47 Å². The lowest BCUT2D eigenvalue weighted by Gasteiger charge is -2.27. The van der Waals surface area contributed by atoms with Crippen LogP contribution in [0.4, 0.5) is 0 Å². The Bertz CT molecular complexity index is 1150. The minimum absolute atomic E-state index is 0.00319. The topological polar surface area (TPSA) is 139 Å². The van der Waals surface area contributed by atoms with Crippen LogP contribution in [-0.2, 0) is 30.3 Å². The molecule has 0 saturated carbocycles. The van der Waals surface area contributed by atoms with Gasteiger partial charge in [-0.05, 0) is 50.3 Å². The number of unbranched alkanes of at least 4 members (excludes halogenated alkanes) is 8. The van der Waals surface area contributed by atoms with Crippen molar-refractivity contribution in [3.8, 4) is 17.6 Å². The lowest BCUT2D eigenvalue weighted by Crippen LogP contribution is -2.53. The second kappa shape index (κ2) is 20.3. The molecule has 1 aliphatic rings. The maximum Gasteiger partial charge on any atom is 0.339 e. The molecule has 1 aliphatic heterocycles. The number of Topliss-reactive ketones (excluding diaryl/α,β-unsaturated/α-hetero) is 1. The van der Waals surface area contributed by atoms with Crippen LogP contribution in [0.3, 0.4) is 0 Å². The largest absolute Gasteiger partial charge is 0.481 e. The molecule has 9 heteroatoms. The van der Waals surface area contributed by atoms with Crippen molar-refractivity contribution in [3.63, 3.8) is 0 Å². The fraction of sp³-hybridized carbons (Fsp3) is 0.600. The zero-order chi connectivity index (χ0) is 32.2. The fourth-order valence-electron chi connectivity index (χ4n) is 5.10. The molecular weight excluding hydrogens is 562 g/mol. The van der Waals surface area contributed by atoms with Crippen LogP contribution in [0.5, 0.6) is 5.75 Å². The van der Waals surface area contributed by atoms with Gasteiger partial charge in [-0.1, -0.05) is 75.7 Å². The van der Waals surface area contributed by atoms with E-state index in [1.54, 1.807) is 37.3 Å². The first-order valence-electron chi connectivity index (χ1n) is 15.9.